The fraction of sp³-hybridized carbons (Fsp3) is 0.231. The summed E-state index contributed by atoms with van der Waals surface area (Å²) in [6, 6.07) is 1.84. The van der Waals surface area contributed by atoms with E-state index in [1.165, 1.54) is 12.1 Å². The van der Waals surface area contributed by atoms with Gasteiger partial charge < -0.3 is 5.32 Å². The molecule has 7 nitrogen and oxygen atoms in total. The number of halogens is 3. The minimum Gasteiger partial charge on any atom is -0.323 e. The molecule has 0 aromatic heterocycles. The van der Waals surface area contributed by atoms with E-state index in [0.717, 1.165) is 4.90 Å². The van der Waals surface area contributed by atoms with Crippen LogP contribution in [0.15, 0.2) is 12.1 Å². The number of amides is 5. The first-order valence-electron chi connectivity index (χ1n) is 6.38. The maximum atomic E-state index is 12.0. The number of carbonyl (C=O) groups is 4. The number of nitrogens with one attached hydrogen (secondary N) is 1. The number of nitrogens with zero attached hydrogens (tertiary/aromatic N) is 2. The largest absolute Gasteiger partial charge is 0.334 e. The summed E-state index contributed by atoms with van der Waals surface area (Å²) in [6.07, 6.45) is 0. The number of hydrogen-bond acceptors (Lipinski definition) is 4. The van der Waals surface area contributed by atoms with E-state index in [1.807, 2.05) is 0 Å². The Morgan fingerprint density at radius 2 is 1.57 bits per heavy atom. The minimum atomic E-state index is -1.05. The molecule has 1 aliphatic heterocycles. The summed E-state index contributed by atoms with van der Waals surface area (Å²) in [5.41, 5.74) is 0.170. The summed E-state index contributed by atoms with van der Waals surface area (Å²) in [5, 5.41) is 2.93. The van der Waals surface area contributed by atoms with Gasteiger partial charge in [-0.05, 0) is 19.1 Å². The van der Waals surface area contributed by atoms with Crippen LogP contribution in [-0.2, 0) is 14.4 Å². The SMILES string of the molecule is CCN1C(=O)C(=O)N(CC(=O)Nc2cc(Cl)c(Cl)cc2Cl)C1=O. The number of carbonyl (C=O) groups excluding carboxylic acids is 4. The van der Waals surface area contributed by atoms with Gasteiger partial charge in [-0.25, -0.2) is 9.69 Å². The monoisotopic (exact) mass is 377 g/mol. The molecule has 1 N–H and O–H groups in total. The van der Waals surface area contributed by atoms with E-state index in [9.17, 15) is 19.2 Å². The van der Waals surface area contributed by atoms with Crippen molar-refractivity contribution in [1.82, 2.24) is 9.80 Å². The topological polar surface area (TPSA) is 86.8 Å². The van der Waals surface area contributed by atoms with Crippen molar-refractivity contribution >= 4 is 64.2 Å². The maximum absolute atomic E-state index is 12.0. The van der Waals surface area contributed by atoms with E-state index in [-0.39, 0.29) is 27.3 Å². The van der Waals surface area contributed by atoms with Gasteiger partial charge in [0.2, 0.25) is 5.91 Å². The molecule has 0 aliphatic carbocycles. The lowest BCUT2D eigenvalue weighted by molar-refractivity contribution is -0.143. The Hall–Kier alpha value is -1.83. The van der Waals surface area contributed by atoms with Gasteiger partial charge in [-0.15, -0.1) is 0 Å². The highest BCUT2D eigenvalue weighted by Gasteiger charge is 2.44. The van der Waals surface area contributed by atoms with Gasteiger partial charge in [0.05, 0.1) is 20.8 Å². The molecule has 1 aliphatic rings. The van der Waals surface area contributed by atoms with Crippen molar-refractivity contribution in [2.45, 2.75) is 6.92 Å². The summed E-state index contributed by atoms with van der Waals surface area (Å²) in [5.74, 6) is -2.72. The van der Waals surface area contributed by atoms with Crippen molar-refractivity contribution in [3.05, 3.63) is 27.2 Å². The summed E-state index contributed by atoms with van der Waals surface area (Å²) >= 11 is 17.5. The Morgan fingerprint density at radius 3 is 2.13 bits per heavy atom. The van der Waals surface area contributed by atoms with Crippen molar-refractivity contribution < 1.29 is 19.2 Å². The van der Waals surface area contributed by atoms with Crippen molar-refractivity contribution in [2.75, 3.05) is 18.4 Å². The van der Waals surface area contributed by atoms with Crippen LogP contribution in [0.2, 0.25) is 15.1 Å². The number of anilines is 1. The minimum absolute atomic E-state index is 0.0418. The van der Waals surface area contributed by atoms with Crippen molar-refractivity contribution in [3.8, 4) is 0 Å². The molecule has 0 saturated carbocycles. The summed E-state index contributed by atoms with van der Waals surface area (Å²) in [7, 11) is 0. The first-order valence-corrected chi connectivity index (χ1v) is 7.51. The molecule has 1 heterocycles. The van der Waals surface area contributed by atoms with Gasteiger partial charge in [-0.1, -0.05) is 34.8 Å². The Bertz CT molecular complexity index is 723. The van der Waals surface area contributed by atoms with Crippen LogP contribution in [0, 0.1) is 0 Å². The van der Waals surface area contributed by atoms with Gasteiger partial charge in [-0.2, -0.15) is 0 Å². The highest BCUT2D eigenvalue weighted by Crippen LogP contribution is 2.32. The standard InChI is InChI=1S/C13H10Cl3N3O4/c1-2-18-11(21)12(22)19(13(18)23)5-10(20)17-9-4-7(15)6(14)3-8(9)16/h3-4H,2,5H2,1H3,(H,17,20). The predicted octanol–water partition coefficient (Wildman–Crippen LogP) is 2.40. The third-order valence-corrected chi connectivity index (χ3v) is 4.07. The predicted molar refractivity (Wildman–Crippen MR) is 84.6 cm³/mol. The zero-order valence-electron chi connectivity index (χ0n) is 11.7. The summed E-state index contributed by atoms with van der Waals surface area (Å²) < 4.78 is 0. The highest BCUT2D eigenvalue weighted by molar-refractivity contribution is 6.45. The lowest BCUT2D eigenvalue weighted by Crippen LogP contribution is -2.39. The van der Waals surface area contributed by atoms with Gasteiger partial charge in [0.25, 0.3) is 0 Å². The van der Waals surface area contributed by atoms with Crippen LogP contribution in [0.3, 0.4) is 0 Å². The lowest BCUT2D eigenvalue weighted by Gasteiger charge is -2.14. The van der Waals surface area contributed by atoms with E-state index in [4.69, 9.17) is 34.8 Å². The van der Waals surface area contributed by atoms with Crippen LogP contribution in [0.5, 0.6) is 0 Å². The molecule has 122 valence electrons. The fourth-order valence-electron chi connectivity index (χ4n) is 1.92. The van der Waals surface area contributed by atoms with Crippen molar-refractivity contribution in [2.24, 2.45) is 0 Å². The molecule has 1 aromatic carbocycles. The lowest BCUT2D eigenvalue weighted by atomic mass is 10.3. The van der Waals surface area contributed by atoms with Crippen LogP contribution in [0.4, 0.5) is 10.5 Å². The van der Waals surface area contributed by atoms with E-state index < -0.39 is 30.3 Å². The fourth-order valence-corrected chi connectivity index (χ4v) is 2.51. The molecule has 23 heavy (non-hydrogen) atoms. The summed E-state index contributed by atoms with van der Waals surface area (Å²) in [4.78, 5) is 48.4. The normalized spacial score (nSPS) is 14.7. The number of benzene rings is 1. The summed E-state index contributed by atoms with van der Waals surface area (Å²) in [6.45, 7) is 0.971. The first-order chi connectivity index (χ1) is 10.8. The molecule has 0 atom stereocenters. The van der Waals surface area contributed by atoms with Gasteiger partial charge in [-0.3, -0.25) is 19.3 Å². The Morgan fingerprint density at radius 1 is 1.00 bits per heavy atom. The van der Waals surface area contributed by atoms with Crippen LogP contribution in [0.1, 0.15) is 6.92 Å². The van der Waals surface area contributed by atoms with Crippen LogP contribution >= 0.6 is 34.8 Å². The van der Waals surface area contributed by atoms with E-state index >= 15 is 0 Å². The second kappa shape index (κ2) is 6.74. The Labute approximate surface area is 146 Å². The smallest absolute Gasteiger partial charge is 0.323 e. The van der Waals surface area contributed by atoms with Gasteiger partial charge in [0.1, 0.15) is 6.54 Å². The van der Waals surface area contributed by atoms with Gasteiger partial charge in [0, 0.05) is 6.54 Å². The number of imide groups is 2. The molecule has 1 saturated heterocycles. The molecule has 10 heteroatoms. The highest BCUT2D eigenvalue weighted by atomic mass is 35.5. The third kappa shape index (κ3) is 3.41. The molecule has 1 fully saturated rings. The molecule has 5 amide bonds. The molecule has 0 unspecified atom stereocenters. The maximum Gasteiger partial charge on any atom is 0.334 e. The van der Waals surface area contributed by atoms with Crippen LogP contribution < -0.4 is 5.32 Å². The van der Waals surface area contributed by atoms with Crippen molar-refractivity contribution in [3.63, 3.8) is 0 Å². The zero-order valence-corrected chi connectivity index (χ0v) is 14.0. The molecule has 0 bridgehead atoms. The Balaban J connectivity index is 2.12. The zero-order chi connectivity index (χ0) is 17.3. The quantitative estimate of drug-likeness (QED) is 0.495. The van der Waals surface area contributed by atoms with Gasteiger partial charge >= 0.3 is 17.8 Å². The number of urea groups is 1. The third-order valence-electron chi connectivity index (χ3n) is 3.04. The molecule has 1 aromatic rings. The van der Waals surface area contributed by atoms with Gasteiger partial charge in [0.15, 0.2) is 0 Å². The average molecular weight is 379 g/mol. The number of rotatable bonds is 4. The average Bonchev–Trinajstić information content (AvgIpc) is 2.68. The van der Waals surface area contributed by atoms with E-state index in [2.05, 4.69) is 5.32 Å². The second-order valence-corrected chi connectivity index (χ2v) is 5.74. The number of likely N-dealkylation sites (N-methyl/N-ethyl adjacent to an activating group) is 1. The molecular formula is C13H10Cl3N3O4. The first kappa shape index (κ1) is 17.5. The Kier molecular flexibility index (Phi) is 5.13. The van der Waals surface area contributed by atoms with E-state index in [1.54, 1.807) is 6.92 Å². The number of hydrogen-bond donors (Lipinski definition) is 1. The molecule has 0 spiro atoms. The van der Waals surface area contributed by atoms with Crippen LogP contribution in [-0.4, -0.2) is 46.6 Å². The van der Waals surface area contributed by atoms with Crippen molar-refractivity contribution in [1.29, 1.82) is 0 Å². The van der Waals surface area contributed by atoms with Crippen LogP contribution in [0.25, 0.3) is 0 Å². The molecular weight excluding hydrogens is 369 g/mol. The van der Waals surface area contributed by atoms with E-state index in [0.29, 0.717) is 4.90 Å². The molecule has 0 radical (unpaired) electrons. The second-order valence-electron chi connectivity index (χ2n) is 4.52. The molecule has 2 rings (SSSR count).